The molecule has 71 heavy (non-hydrogen) atoms. The van der Waals surface area contributed by atoms with E-state index in [4.69, 9.17) is 11.5 Å². The molecule has 3 aromatic carbocycles. The van der Waals surface area contributed by atoms with Gasteiger partial charge in [0.05, 0.1) is 12.5 Å². The van der Waals surface area contributed by atoms with Gasteiger partial charge >= 0.3 is 5.97 Å². The van der Waals surface area contributed by atoms with Crippen LogP contribution in [0.5, 0.6) is 0 Å². The summed E-state index contributed by atoms with van der Waals surface area (Å²) in [5.41, 5.74) is 12.6. The summed E-state index contributed by atoms with van der Waals surface area (Å²) >= 11 is 0. The third-order valence-corrected chi connectivity index (χ3v) is 13.3. The third-order valence-electron chi connectivity index (χ3n) is 13.3. The van der Waals surface area contributed by atoms with Crippen molar-refractivity contribution in [2.75, 3.05) is 0 Å². The Morgan fingerprint density at radius 2 is 1.10 bits per heavy atom. The van der Waals surface area contributed by atoms with Gasteiger partial charge in [-0.3, -0.25) is 33.6 Å². The highest BCUT2D eigenvalue weighted by atomic mass is 16.4. The number of aliphatic hydroxyl groups excluding tert-OH is 1. The van der Waals surface area contributed by atoms with Crippen LogP contribution in [0.15, 0.2) is 72.8 Å². The van der Waals surface area contributed by atoms with Crippen LogP contribution in [0.2, 0.25) is 0 Å². The number of hydrogen-bond acceptors (Lipinski definition) is 9. The molecular weight excluding hydrogens is 907 g/mol. The van der Waals surface area contributed by atoms with Gasteiger partial charge in [-0.2, -0.15) is 0 Å². The lowest BCUT2D eigenvalue weighted by Gasteiger charge is -2.32. The van der Waals surface area contributed by atoms with Crippen LogP contribution >= 0.6 is 0 Å². The number of aliphatic hydroxyl groups is 1. The third kappa shape index (κ3) is 20.9. The monoisotopic (exact) mass is 984 g/mol. The smallest absolute Gasteiger partial charge is 0.326 e. The Balaban J connectivity index is 1.07. The average Bonchev–Trinajstić information content (AvgIpc) is 3.34. The van der Waals surface area contributed by atoms with Gasteiger partial charge in [-0.25, -0.2) is 4.79 Å². The van der Waals surface area contributed by atoms with Crippen LogP contribution in [0, 0.1) is 5.92 Å². The fraction of sp³-hybridized carbons (Fsp3) is 0.556. The molecule has 0 aromatic heterocycles. The number of carbonyl (C=O) groups is 8. The lowest BCUT2D eigenvalue weighted by Crippen LogP contribution is -2.60. The number of fused-ring (bicyclic) bond motifs is 1. The molecule has 0 bridgehead atoms. The number of carboxylic acids is 1. The minimum Gasteiger partial charge on any atom is -0.480 e. The summed E-state index contributed by atoms with van der Waals surface area (Å²) in [6, 6.07) is 16.4. The van der Waals surface area contributed by atoms with Crippen molar-refractivity contribution in [2.24, 2.45) is 17.4 Å². The molecule has 1 aliphatic carbocycles. The molecule has 4 rings (SSSR count). The first-order valence-electron chi connectivity index (χ1n) is 25.6. The molecule has 17 nitrogen and oxygen atoms in total. The summed E-state index contributed by atoms with van der Waals surface area (Å²) in [6.45, 7) is 1.42. The van der Waals surface area contributed by atoms with E-state index in [0.29, 0.717) is 25.7 Å². The second-order valence-corrected chi connectivity index (χ2v) is 19.1. The van der Waals surface area contributed by atoms with Crippen molar-refractivity contribution >= 4 is 58.1 Å². The fourth-order valence-corrected chi connectivity index (χ4v) is 9.27. The molecule has 0 saturated heterocycles. The normalized spacial score (nSPS) is 15.2. The highest BCUT2D eigenvalue weighted by molar-refractivity contribution is 5.95. The summed E-state index contributed by atoms with van der Waals surface area (Å²) in [5, 5.41) is 35.5. The molecule has 1 fully saturated rings. The summed E-state index contributed by atoms with van der Waals surface area (Å²) in [6.07, 6.45) is 14.2. The van der Waals surface area contributed by atoms with Gasteiger partial charge in [0, 0.05) is 25.7 Å². The predicted octanol–water partition coefficient (Wildman–Crippen LogP) is 4.92. The Hall–Kier alpha value is -6.36. The largest absolute Gasteiger partial charge is 0.480 e. The Bertz CT molecular complexity index is 2190. The molecule has 17 heteroatoms. The first-order chi connectivity index (χ1) is 34.1. The van der Waals surface area contributed by atoms with Crippen LogP contribution < -0.4 is 38.1 Å². The van der Waals surface area contributed by atoms with Gasteiger partial charge in [-0.15, -0.1) is 0 Å². The number of aliphatic carboxylic acids is 1. The number of carboxylic acid groups (broad SMARTS) is 1. The van der Waals surface area contributed by atoms with E-state index in [2.05, 4.69) is 26.6 Å². The van der Waals surface area contributed by atoms with Crippen molar-refractivity contribution in [3.63, 3.8) is 0 Å². The average molecular weight is 984 g/mol. The number of hydrogen-bond donors (Lipinski definition) is 9. The van der Waals surface area contributed by atoms with Crippen LogP contribution in [-0.2, 0) is 51.2 Å². The Morgan fingerprint density at radius 1 is 0.563 bits per heavy atom. The molecule has 6 atom stereocenters. The lowest BCUT2D eigenvalue weighted by atomic mass is 9.83. The molecule has 1 saturated carbocycles. The summed E-state index contributed by atoms with van der Waals surface area (Å²) < 4.78 is 0. The van der Waals surface area contributed by atoms with Crippen molar-refractivity contribution in [1.82, 2.24) is 26.6 Å². The zero-order valence-corrected chi connectivity index (χ0v) is 41.3. The van der Waals surface area contributed by atoms with E-state index in [9.17, 15) is 48.6 Å². The molecule has 0 radical (unpaired) electrons. The molecule has 0 spiro atoms. The summed E-state index contributed by atoms with van der Waals surface area (Å²) in [7, 11) is 0. The van der Waals surface area contributed by atoms with E-state index >= 15 is 0 Å². The lowest BCUT2D eigenvalue weighted by molar-refractivity contribution is -0.142. The standard InChI is InChI=1S/C54H77N7O10/c1-36(62)48(52(68)61-49(39-26-16-13-17-27-39)53(69)58-42(50(56)66)33-37-23-14-12-15-24-37)60-47(65)32-19-11-9-7-5-3-2-4-6-8-10-18-31-46(64)57-43(35-45(55)63)51(67)59-44(54(70)71)34-40-29-22-28-38-25-20-21-30-41(38)40/h12,14-15,20-25,28-30,36,39,42-44,48-49,62H,2-11,13,16-19,26-27,31-35H2,1H3,(H2,55,63)(H2,56,66)(H,57,64)(H,58,69)(H,59,67)(H,60,65)(H,61,68)(H,70,71)/t36?,42-,43-,44-,48-,49-/m0/s1. The minimum absolute atomic E-state index is 0.00821. The van der Waals surface area contributed by atoms with Gasteiger partial charge in [-0.05, 0) is 60.4 Å². The minimum atomic E-state index is -1.30. The molecular formula is C54H77N7O10. The zero-order valence-electron chi connectivity index (χ0n) is 41.3. The second-order valence-electron chi connectivity index (χ2n) is 19.1. The van der Waals surface area contributed by atoms with E-state index in [1.54, 1.807) is 6.07 Å². The Labute approximate surface area is 417 Å². The van der Waals surface area contributed by atoms with Gasteiger partial charge in [0.15, 0.2) is 0 Å². The first-order valence-corrected chi connectivity index (χ1v) is 25.6. The number of nitrogens with one attached hydrogen (secondary N) is 5. The van der Waals surface area contributed by atoms with Crippen LogP contribution in [0.25, 0.3) is 10.8 Å². The number of primary amides is 2. The van der Waals surface area contributed by atoms with Gasteiger partial charge in [0.1, 0.15) is 30.2 Å². The van der Waals surface area contributed by atoms with E-state index in [1.165, 1.54) is 6.92 Å². The van der Waals surface area contributed by atoms with E-state index in [1.807, 2.05) is 66.7 Å². The zero-order chi connectivity index (χ0) is 51.5. The number of nitrogens with two attached hydrogens (primary N) is 2. The molecule has 3 aromatic rings. The van der Waals surface area contributed by atoms with Crippen molar-refractivity contribution < 1.29 is 48.6 Å². The summed E-state index contributed by atoms with van der Waals surface area (Å²) in [4.78, 5) is 102. The van der Waals surface area contributed by atoms with Crippen molar-refractivity contribution in [3.05, 3.63) is 83.9 Å². The SMILES string of the molecule is CC(O)[C@H](NC(=O)CCCCCCCCCCCCCCC(=O)N[C@@H](CC(N)=O)C(=O)N[C@@H](Cc1cccc2ccccc12)C(=O)O)C(=O)N[C@H](C(=O)N[C@@H](Cc1ccccc1)C(N)=O)C1CCCCC1. The highest BCUT2D eigenvalue weighted by Gasteiger charge is 2.36. The highest BCUT2D eigenvalue weighted by Crippen LogP contribution is 2.27. The van der Waals surface area contributed by atoms with Gasteiger partial charge in [0.25, 0.3) is 0 Å². The van der Waals surface area contributed by atoms with Gasteiger partial charge in [-0.1, -0.05) is 156 Å². The van der Waals surface area contributed by atoms with Crippen LogP contribution in [0.3, 0.4) is 0 Å². The van der Waals surface area contributed by atoms with Crippen LogP contribution in [0.4, 0.5) is 0 Å². The van der Waals surface area contributed by atoms with Crippen molar-refractivity contribution in [1.29, 1.82) is 0 Å². The number of unbranched alkanes of at least 4 members (excludes halogenated alkanes) is 11. The predicted molar refractivity (Wildman–Crippen MR) is 271 cm³/mol. The molecule has 0 aliphatic heterocycles. The van der Waals surface area contributed by atoms with Gasteiger partial charge < -0.3 is 48.3 Å². The van der Waals surface area contributed by atoms with Crippen molar-refractivity contribution in [2.45, 2.75) is 184 Å². The van der Waals surface area contributed by atoms with E-state index in [-0.39, 0.29) is 37.5 Å². The first kappa shape index (κ1) is 57.2. The number of benzene rings is 3. The Morgan fingerprint density at radius 3 is 1.66 bits per heavy atom. The van der Waals surface area contributed by atoms with Crippen LogP contribution in [0.1, 0.15) is 146 Å². The molecule has 11 N–H and O–H groups in total. The van der Waals surface area contributed by atoms with E-state index < -0.39 is 84.1 Å². The quantitative estimate of drug-likeness (QED) is 0.0372. The maximum absolute atomic E-state index is 13.7. The Kier molecular flexibility index (Phi) is 25.0. The molecule has 388 valence electrons. The molecule has 1 unspecified atom stereocenters. The topological polar surface area (TPSA) is 289 Å². The number of carbonyl (C=O) groups excluding carboxylic acids is 7. The number of rotatable bonds is 33. The van der Waals surface area contributed by atoms with Crippen molar-refractivity contribution in [3.8, 4) is 0 Å². The molecule has 7 amide bonds. The molecule has 1 aliphatic rings. The maximum Gasteiger partial charge on any atom is 0.326 e. The summed E-state index contributed by atoms with van der Waals surface area (Å²) in [5.74, 6) is -5.69. The van der Waals surface area contributed by atoms with Crippen LogP contribution in [-0.4, -0.2) is 93.8 Å². The fourth-order valence-electron chi connectivity index (χ4n) is 9.27. The maximum atomic E-state index is 13.7. The van der Waals surface area contributed by atoms with Gasteiger partial charge in [0.2, 0.25) is 41.4 Å². The second kappa shape index (κ2) is 31.1. The number of amides is 7. The molecule has 0 heterocycles. The van der Waals surface area contributed by atoms with E-state index in [0.717, 1.165) is 105 Å².